The lowest BCUT2D eigenvalue weighted by molar-refractivity contribution is -0.118. The molecule has 1 aromatic carbocycles. The Balaban J connectivity index is 1.79. The Morgan fingerprint density at radius 1 is 1.15 bits per heavy atom. The summed E-state index contributed by atoms with van der Waals surface area (Å²) in [4.78, 5) is 24.0. The molecule has 26 heavy (non-hydrogen) atoms. The van der Waals surface area contributed by atoms with Gasteiger partial charge in [0.15, 0.2) is 0 Å². The van der Waals surface area contributed by atoms with Gasteiger partial charge in [-0.25, -0.2) is 4.98 Å². The Bertz CT molecular complexity index is 757. The van der Waals surface area contributed by atoms with Crippen molar-refractivity contribution in [2.24, 2.45) is 0 Å². The number of carbonyl (C=O) groups is 1. The number of nitrogens with one attached hydrogen (secondary N) is 1. The van der Waals surface area contributed by atoms with Gasteiger partial charge in [0.25, 0.3) is 0 Å². The lowest BCUT2D eigenvalue weighted by atomic mass is 10.2. The molecule has 138 valence electrons. The van der Waals surface area contributed by atoms with E-state index in [2.05, 4.69) is 20.2 Å². The minimum absolute atomic E-state index is 0.0924. The molecule has 1 amide bonds. The number of hydrogen-bond donors (Lipinski definition) is 1. The molecule has 0 bridgehead atoms. The molecule has 1 aromatic heterocycles. The summed E-state index contributed by atoms with van der Waals surface area (Å²) in [6, 6.07) is 9.74. The third-order valence-electron chi connectivity index (χ3n) is 4.10. The van der Waals surface area contributed by atoms with Gasteiger partial charge in [0.2, 0.25) is 12.4 Å². The lowest BCUT2D eigenvalue weighted by Crippen LogP contribution is -2.46. The highest BCUT2D eigenvalue weighted by Gasteiger charge is 2.18. The van der Waals surface area contributed by atoms with Crippen LogP contribution in [0.5, 0.6) is 5.75 Å². The second-order valence-electron chi connectivity index (χ2n) is 6.61. The highest BCUT2D eigenvalue weighted by Crippen LogP contribution is 2.28. The summed E-state index contributed by atoms with van der Waals surface area (Å²) in [7, 11) is 0. The molecule has 0 radical (unpaired) electrons. The van der Waals surface area contributed by atoms with Crippen molar-refractivity contribution in [3.05, 3.63) is 36.0 Å². The number of aryl methyl sites for hydroxylation is 1. The maximum absolute atomic E-state index is 10.9. The maximum Gasteiger partial charge on any atom is 0.227 e. The molecular weight excluding hydrogens is 330 g/mol. The zero-order chi connectivity index (χ0) is 18.5. The van der Waals surface area contributed by atoms with E-state index >= 15 is 0 Å². The van der Waals surface area contributed by atoms with Crippen LogP contribution in [-0.2, 0) is 4.79 Å². The summed E-state index contributed by atoms with van der Waals surface area (Å²) >= 11 is 0. The molecule has 1 aliphatic heterocycles. The summed E-state index contributed by atoms with van der Waals surface area (Å²) in [5.41, 5.74) is 1.76. The molecule has 1 aliphatic rings. The van der Waals surface area contributed by atoms with Crippen LogP contribution in [-0.4, -0.2) is 53.6 Å². The number of para-hydroxylation sites is 2. The number of hydrogen-bond acceptors (Lipinski definition) is 6. The minimum atomic E-state index is 0.0924. The van der Waals surface area contributed by atoms with Crippen molar-refractivity contribution in [3.63, 3.8) is 0 Å². The van der Waals surface area contributed by atoms with Crippen molar-refractivity contribution in [2.45, 2.75) is 26.9 Å². The third-order valence-corrected chi connectivity index (χ3v) is 4.10. The molecule has 1 saturated heterocycles. The van der Waals surface area contributed by atoms with Gasteiger partial charge in [0.05, 0.1) is 11.8 Å². The van der Waals surface area contributed by atoms with E-state index in [1.807, 2.05) is 51.1 Å². The number of carbonyl (C=O) groups excluding carboxylic acids is 1. The fourth-order valence-electron chi connectivity index (χ4n) is 2.85. The first kappa shape index (κ1) is 18.0. The third kappa shape index (κ3) is 4.41. The Labute approximate surface area is 154 Å². The molecule has 0 atom stereocenters. The van der Waals surface area contributed by atoms with Crippen LogP contribution in [0.3, 0.4) is 0 Å². The predicted molar refractivity (Wildman–Crippen MR) is 102 cm³/mol. The molecule has 0 spiro atoms. The highest BCUT2D eigenvalue weighted by atomic mass is 16.5. The number of rotatable bonds is 6. The molecule has 1 fully saturated rings. The molecule has 7 nitrogen and oxygen atoms in total. The standard InChI is InChI=1S/C19H25N5O2/c1-14(2)26-17-7-5-4-6-16(17)21-18-12-15(3)20-19(22-18)24-10-8-23(13-25)9-11-24/h4-7,12-14H,8-11H2,1-3H3,(H,20,21,22). The normalized spacial score (nSPS) is 14.5. The van der Waals surface area contributed by atoms with E-state index in [4.69, 9.17) is 4.74 Å². The Kier molecular flexibility index (Phi) is 5.55. The van der Waals surface area contributed by atoms with Gasteiger partial charge in [-0.3, -0.25) is 4.79 Å². The number of anilines is 3. The van der Waals surface area contributed by atoms with Gasteiger partial charge in [-0.05, 0) is 32.9 Å². The van der Waals surface area contributed by atoms with E-state index in [1.54, 1.807) is 4.90 Å². The van der Waals surface area contributed by atoms with E-state index in [9.17, 15) is 4.79 Å². The van der Waals surface area contributed by atoms with E-state index < -0.39 is 0 Å². The molecule has 3 rings (SSSR count). The Morgan fingerprint density at radius 2 is 1.88 bits per heavy atom. The van der Waals surface area contributed by atoms with Crippen molar-refractivity contribution in [2.75, 3.05) is 36.4 Å². The fraction of sp³-hybridized carbons (Fsp3) is 0.421. The van der Waals surface area contributed by atoms with Crippen molar-refractivity contribution in [1.29, 1.82) is 0 Å². The van der Waals surface area contributed by atoms with Crippen LogP contribution < -0.4 is 15.0 Å². The average molecular weight is 355 g/mol. The molecular formula is C19H25N5O2. The molecule has 0 unspecified atom stereocenters. The van der Waals surface area contributed by atoms with Crippen LogP contribution in [0.2, 0.25) is 0 Å². The van der Waals surface area contributed by atoms with E-state index in [0.29, 0.717) is 19.0 Å². The minimum Gasteiger partial charge on any atom is -0.489 e. The molecule has 0 saturated carbocycles. The zero-order valence-electron chi connectivity index (χ0n) is 15.5. The molecule has 2 heterocycles. The topological polar surface area (TPSA) is 70.6 Å². The molecule has 2 aromatic rings. The summed E-state index contributed by atoms with van der Waals surface area (Å²) in [6.45, 7) is 8.80. The quantitative estimate of drug-likeness (QED) is 0.803. The summed E-state index contributed by atoms with van der Waals surface area (Å²) < 4.78 is 5.86. The Hall–Kier alpha value is -2.83. The first-order chi connectivity index (χ1) is 12.5. The molecule has 7 heteroatoms. The number of aromatic nitrogens is 2. The number of piperazine rings is 1. The van der Waals surface area contributed by atoms with Crippen molar-refractivity contribution < 1.29 is 9.53 Å². The van der Waals surface area contributed by atoms with Crippen molar-refractivity contribution in [3.8, 4) is 5.75 Å². The molecule has 1 N–H and O–H groups in total. The van der Waals surface area contributed by atoms with Crippen LogP contribution in [0.1, 0.15) is 19.5 Å². The highest BCUT2D eigenvalue weighted by molar-refractivity contribution is 5.65. The second kappa shape index (κ2) is 8.03. The van der Waals surface area contributed by atoms with Crippen LogP contribution >= 0.6 is 0 Å². The maximum atomic E-state index is 10.9. The van der Waals surface area contributed by atoms with Gasteiger partial charge in [-0.15, -0.1) is 0 Å². The number of nitrogens with zero attached hydrogens (tertiary/aromatic N) is 4. The number of amides is 1. The van der Waals surface area contributed by atoms with Crippen molar-refractivity contribution >= 4 is 23.9 Å². The van der Waals surface area contributed by atoms with Crippen LogP contribution in [0.4, 0.5) is 17.5 Å². The monoisotopic (exact) mass is 355 g/mol. The fourth-order valence-corrected chi connectivity index (χ4v) is 2.85. The van der Waals surface area contributed by atoms with Gasteiger partial charge >= 0.3 is 0 Å². The van der Waals surface area contributed by atoms with Gasteiger partial charge in [0.1, 0.15) is 11.6 Å². The SMILES string of the molecule is Cc1cc(Nc2ccccc2OC(C)C)nc(N2CCN(C=O)CC2)n1. The molecule has 0 aliphatic carbocycles. The number of ether oxygens (including phenoxy) is 1. The first-order valence-electron chi connectivity index (χ1n) is 8.88. The van der Waals surface area contributed by atoms with Gasteiger partial charge in [-0.2, -0.15) is 4.98 Å². The first-order valence-corrected chi connectivity index (χ1v) is 8.88. The lowest BCUT2D eigenvalue weighted by Gasteiger charge is -2.32. The Morgan fingerprint density at radius 3 is 2.58 bits per heavy atom. The van der Waals surface area contributed by atoms with Gasteiger partial charge in [0, 0.05) is 37.9 Å². The number of benzene rings is 1. The van der Waals surface area contributed by atoms with Crippen LogP contribution in [0, 0.1) is 6.92 Å². The largest absolute Gasteiger partial charge is 0.489 e. The summed E-state index contributed by atoms with van der Waals surface area (Å²) in [5.74, 6) is 2.20. The van der Waals surface area contributed by atoms with Crippen LogP contribution in [0.25, 0.3) is 0 Å². The zero-order valence-corrected chi connectivity index (χ0v) is 15.5. The summed E-state index contributed by atoms with van der Waals surface area (Å²) in [6.07, 6.45) is 0.988. The predicted octanol–water partition coefficient (Wildman–Crippen LogP) is 2.59. The van der Waals surface area contributed by atoms with E-state index in [0.717, 1.165) is 42.4 Å². The average Bonchev–Trinajstić information content (AvgIpc) is 2.62. The van der Waals surface area contributed by atoms with E-state index in [-0.39, 0.29) is 6.10 Å². The summed E-state index contributed by atoms with van der Waals surface area (Å²) in [5, 5.41) is 3.35. The van der Waals surface area contributed by atoms with Crippen LogP contribution in [0.15, 0.2) is 30.3 Å². The van der Waals surface area contributed by atoms with Gasteiger partial charge in [-0.1, -0.05) is 12.1 Å². The van der Waals surface area contributed by atoms with E-state index in [1.165, 1.54) is 0 Å². The van der Waals surface area contributed by atoms with Gasteiger partial charge < -0.3 is 19.9 Å². The smallest absolute Gasteiger partial charge is 0.227 e. The second-order valence-corrected chi connectivity index (χ2v) is 6.61. The van der Waals surface area contributed by atoms with Crippen molar-refractivity contribution in [1.82, 2.24) is 14.9 Å².